The molecule has 0 atom stereocenters. The van der Waals surface area contributed by atoms with Crippen molar-refractivity contribution in [2.24, 2.45) is 0 Å². The molecule has 0 amide bonds. The Labute approximate surface area is 121 Å². The van der Waals surface area contributed by atoms with Crippen molar-refractivity contribution in [2.75, 3.05) is 0 Å². The molecular formula is C18H14F2O. The van der Waals surface area contributed by atoms with E-state index < -0.39 is 11.6 Å². The van der Waals surface area contributed by atoms with Gasteiger partial charge in [0.25, 0.3) is 0 Å². The fourth-order valence-electron chi connectivity index (χ4n) is 2.87. The molecule has 0 spiro atoms. The maximum atomic E-state index is 14.2. The number of allylic oxidation sites excluding steroid dienone is 2. The maximum Gasteiger partial charge on any atom is 0.194 e. The molecule has 0 unspecified atom stereocenters. The summed E-state index contributed by atoms with van der Waals surface area (Å²) >= 11 is 0. The third-order valence-electron chi connectivity index (χ3n) is 3.69. The summed E-state index contributed by atoms with van der Waals surface area (Å²) in [6.07, 6.45) is 1.38. The topological polar surface area (TPSA) is 17.1 Å². The van der Waals surface area contributed by atoms with Crippen molar-refractivity contribution in [3.8, 4) is 0 Å². The summed E-state index contributed by atoms with van der Waals surface area (Å²) in [4.78, 5) is 12.6. The third-order valence-corrected chi connectivity index (χ3v) is 3.69. The number of rotatable bonds is 3. The first kappa shape index (κ1) is 13.7. The van der Waals surface area contributed by atoms with Gasteiger partial charge in [0.15, 0.2) is 5.78 Å². The van der Waals surface area contributed by atoms with Crippen LogP contribution in [0.2, 0.25) is 0 Å². The van der Waals surface area contributed by atoms with Gasteiger partial charge < -0.3 is 0 Å². The Hall–Kier alpha value is -2.29. The van der Waals surface area contributed by atoms with E-state index in [-0.39, 0.29) is 16.9 Å². The van der Waals surface area contributed by atoms with Crippen LogP contribution >= 0.6 is 0 Å². The number of carbonyl (C=O) groups excluding carboxylic acids is 1. The summed E-state index contributed by atoms with van der Waals surface area (Å²) in [7, 11) is 0. The van der Waals surface area contributed by atoms with E-state index in [9.17, 15) is 13.6 Å². The van der Waals surface area contributed by atoms with E-state index in [0.29, 0.717) is 17.6 Å². The minimum Gasteiger partial charge on any atom is -0.289 e. The lowest BCUT2D eigenvalue weighted by Gasteiger charge is -2.07. The highest BCUT2D eigenvalue weighted by molar-refractivity contribution is 6.39. The number of carbonyl (C=O) groups is 1. The van der Waals surface area contributed by atoms with Gasteiger partial charge >= 0.3 is 0 Å². The molecule has 0 bridgehead atoms. The van der Waals surface area contributed by atoms with Gasteiger partial charge in [-0.1, -0.05) is 43.7 Å². The Morgan fingerprint density at radius 1 is 1.05 bits per heavy atom. The quantitative estimate of drug-likeness (QED) is 0.785. The zero-order chi connectivity index (χ0) is 15.0. The monoisotopic (exact) mass is 284 g/mol. The molecule has 1 aliphatic rings. The first-order chi connectivity index (χ1) is 10.1. The van der Waals surface area contributed by atoms with Crippen LogP contribution in [-0.4, -0.2) is 5.78 Å². The van der Waals surface area contributed by atoms with E-state index in [2.05, 4.69) is 0 Å². The molecule has 0 fully saturated rings. The van der Waals surface area contributed by atoms with Gasteiger partial charge in [-0.2, -0.15) is 0 Å². The number of halogens is 2. The lowest BCUT2D eigenvalue weighted by atomic mass is 9.97. The van der Waals surface area contributed by atoms with Crippen LogP contribution in [0.3, 0.4) is 0 Å². The molecule has 2 aromatic rings. The van der Waals surface area contributed by atoms with E-state index in [0.717, 1.165) is 24.1 Å². The van der Waals surface area contributed by atoms with Crippen molar-refractivity contribution < 1.29 is 13.6 Å². The Morgan fingerprint density at radius 2 is 1.76 bits per heavy atom. The summed E-state index contributed by atoms with van der Waals surface area (Å²) in [6, 6.07) is 11.1. The Balaban J connectivity index is 2.27. The maximum absolute atomic E-state index is 14.2. The first-order valence-corrected chi connectivity index (χ1v) is 6.96. The number of benzene rings is 2. The largest absolute Gasteiger partial charge is 0.289 e. The van der Waals surface area contributed by atoms with Crippen LogP contribution in [-0.2, 0) is 0 Å². The van der Waals surface area contributed by atoms with Crippen LogP contribution in [0.25, 0.3) is 11.1 Å². The molecule has 0 saturated heterocycles. The van der Waals surface area contributed by atoms with Gasteiger partial charge in [0.2, 0.25) is 0 Å². The lowest BCUT2D eigenvalue weighted by Crippen LogP contribution is -1.99. The molecule has 106 valence electrons. The first-order valence-electron chi connectivity index (χ1n) is 6.96. The fourth-order valence-corrected chi connectivity index (χ4v) is 2.87. The SMILES string of the molecule is CCCC1=C(c2ccccc2)C(=O)c2cc(F)cc(F)c21. The summed E-state index contributed by atoms with van der Waals surface area (Å²) in [5.41, 5.74) is 2.33. The number of hydrogen-bond acceptors (Lipinski definition) is 1. The zero-order valence-electron chi connectivity index (χ0n) is 11.6. The molecule has 0 aromatic heterocycles. The van der Waals surface area contributed by atoms with Gasteiger partial charge in [-0.05, 0) is 23.6 Å². The van der Waals surface area contributed by atoms with Gasteiger partial charge in [0.1, 0.15) is 11.6 Å². The smallest absolute Gasteiger partial charge is 0.194 e. The average molecular weight is 284 g/mol. The highest BCUT2D eigenvalue weighted by atomic mass is 19.1. The van der Waals surface area contributed by atoms with Crippen LogP contribution in [0, 0.1) is 11.6 Å². The molecule has 0 aliphatic heterocycles. The van der Waals surface area contributed by atoms with Gasteiger partial charge in [-0.25, -0.2) is 8.78 Å². The van der Waals surface area contributed by atoms with Crippen LogP contribution in [0.5, 0.6) is 0 Å². The van der Waals surface area contributed by atoms with Gasteiger partial charge in [0, 0.05) is 22.8 Å². The molecular weight excluding hydrogens is 270 g/mol. The predicted octanol–water partition coefficient (Wildman–Crippen LogP) is 4.87. The fraction of sp³-hybridized carbons (Fsp3) is 0.167. The Morgan fingerprint density at radius 3 is 2.43 bits per heavy atom. The molecule has 21 heavy (non-hydrogen) atoms. The van der Waals surface area contributed by atoms with Gasteiger partial charge in [0.05, 0.1) is 0 Å². The van der Waals surface area contributed by atoms with E-state index in [4.69, 9.17) is 0 Å². The lowest BCUT2D eigenvalue weighted by molar-refractivity contribution is 0.105. The van der Waals surface area contributed by atoms with Crippen molar-refractivity contribution >= 4 is 16.9 Å². The van der Waals surface area contributed by atoms with Crippen LogP contribution in [0.4, 0.5) is 8.78 Å². The third kappa shape index (κ3) is 2.19. The molecule has 0 heterocycles. The highest BCUT2D eigenvalue weighted by Crippen LogP contribution is 2.42. The average Bonchev–Trinajstić information content (AvgIpc) is 2.73. The summed E-state index contributed by atoms with van der Waals surface area (Å²) in [5, 5.41) is 0. The van der Waals surface area contributed by atoms with Crippen molar-refractivity contribution in [1.82, 2.24) is 0 Å². The number of hydrogen-bond donors (Lipinski definition) is 0. The van der Waals surface area contributed by atoms with E-state index in [1.54, 1.807) is 0 Å². The van der Waals surface area contributed by atoms with Gasteiger partial charge in [-0.3, -0.25) is 4.79 Å². The molecule has 3 heteroatoms. The molecule has 0 saturated carbocycles. The summed E-state index contributed by atoms with van der Waals surface area (Å²) in [5.74, 6) is -1.67. The van der Waals surface area contributed by atoms with E-state index >= 15 is 0 Å². The molecule has 0 N–H and O–H groups in total. The second kappa shape index (κ2) is 5.24. The summed E-state index contributed by atoms with van der Waals surface area (Å²) in [6.45, 7) is 1.97. The van der Waals surface area contributed by atoms with Crippen molar-refractivity contribution in [3.05, 3.63) is 70.8 Å². The predicted molar refractivity (Wildman–Crippen MR) is 78.9 cm³/mol. The van der Waals surface area contributed by atoms with E-state index in [1.165, 1.54) is 0 Å². The van der Waals surface area contributed by atoms with Crippen LogP contribution < -0.4 is 0 Å². The summed E-state index contributed by atoms with van der Waals surface area (Å²) < 4.78 is 27.6. The normalized spacial score (nSPS) is 13.8. The number of Topliss-reactive ketones (excluding diaryl/α,β-unsaturated/α-hetero) is 1. The van der Waals surface area contributed by atoms with Crippen molar-refractivity contribution in [2.45, 2.75) is 19.8 Å². The van der Waals surface area contributed by atoms with Crippen molar-refractivity contribution in [1.29, 1.82) is 0 Å². The standard InChI is InChI=1S/C18H14F2O/c1-2-6-13-16(11-7-4-3-5-8-11)18(21)14-9-12(19)10-15(20)17(13)14/h3-5,7-10H,2,6H2,1H3. The second-order valence-corrected chi connectivity index (χ2v) is 5.11. The molecule has 2 aromatic carbocycles. The number of fused-ring (bicyclic) bond motifs is 1. The van der Waals surface area contributed by atoms with Crippen molar-refractivity contribution in [3.63, 3.8) is 0 Å². The Bertz CT molecular complexity index is 745. The molecule has 3 rings (SSSR count). The van der Waals surface area contributed by atoms with Crippen LogP contribution in [0.15, 0.2) is 42.5 Å². The van der Waals surface area contributed by atoms with Crippen LogP contribution in [0.1, 0.15) is 41.3 Å². The minimum absolute atomic E-state index is 0.134. The zero-order valence-corrected chi connectivity index (χ0v) is 11.6. The Kier molecular flexibility index (Phi) is 3.42. The minimum atomic E-state index is -0.718. The molecule has 1 nitrogen and oxygen atoms in total. The second-order valence-electron chi connectivity index (χ2n) is 5.11. The molecule has 1 aliphatic carbocycles. The molecule has 0 radical (unpaired) electrons. The van der Waals surface area contributed by atoms with Gasteiger partial charge in [-0.15, -0.1) is 0 Å². The highest BCUT2D eigenvalue weighted by Gasteiger charge is 2.32. The van der Waals surface area contributed by atoms with E-state index in [1.807, 2.05) is 37.3 Å². The number of ketones is 1.